The minimum atomic E-state index is -0.710. The van der Waals surface area contributed by atoms with Crippen LogP contribution in [0.1, 0.15) is 21.9 Å². The zero-order valence-electron chi connectivity index (χ0n) is 22.5. The van der Waals surface area contributed by atoms with E-state index in [1.807, 2.05) is 62.3 Å². The van der Waals surface area contributed by atoms with Crippen molar-refractivity contribution < 1.29 is 19.1 Å². The number of hydrogen-bond acceptors (Lipinski definition) is 8. The van der Waals surface area contributed by atoms with E-state index in [0.29, 0.717) is 37.0 Å². The molecule has 3 aliphatic heterocycles. The summed E-state index contributed by atoms with van der Waals surface area (Å²) in [7, 11) is 3.91. The first-order chi connectivity index (χ1) is 19.2. The molecule has 0 unspecified atom stereocenters. The van der Waals surface area contributed by atoms with Gasteiger partial charge in [-0.2, -0.15) is 0 Å². The standard InChI is InChI=1S/C29H30N4O5S2/c1-17-4-8-20(9-5-17)33-26(35)23-22(18-6-10-19(11-7-18)30(2)3)25-28(39-24(23)27(33)36)32(29(37)40-25)16-21(34)31-12-14-38-15-13-31/h4-11,22-24H,12-16H2,1-3H3/t22-,23-,24+/m0/s1. The third kappa shape index (κ3) is 4.55. The number of thioether (sulfide) groups is 1. The number of amides is 3. The summed E-state index contributed by atoms with van der Waals surface area (Å²) in [4.78, 5) is 59.8. The first kappa shape index (κ1) is 26.8. The van der Waals surface area contributed by atoms with Crippen LogP contribution in [0.2, 0.25) is 0 Å². The Labute approximate surface area is 240 Å². The lowest BCUT2D eigenvalue weighted by Gasteiger charge is -2.31. The Morgan fingerprint density at radius 3 is 2.30 bits per heavy atom. The van der Waals surface area contributed by atoms with E-state index in [9.17, 15) is 19.2 Å². The van der Waals surface area contributed by atoms with Gasteiger partial charge in [-0.3, -0.25) is 23.7 Å². The molecule has 4 heterocycles. The van der Waals surface area contributed by atoms with Gasteiger partial charge < -0.3 is 14.5 Å². The molecule has 208 valence electrons. The summed E-state index contributed by atoms with van der Waals surface area (Å²) in [6, 6.07) is 15.2. The van der Waals surface area contributed by atoms with Crippen LogP contribution in [0, 0.1) is 12.8 Å². The van der Waals surface area contributed by atoms with Crippen LogP contribution in [0.5, 0.6) is 0 Å². The molecular weight excluding hydrogens is 548 g/mol. The Kier molecular flexibility index (Phi) is 7.05. The summed E-state index contributed by atoms with van der Waals surface area (Å²) in [6.45, 7) is 3.75. The third-order valence-electron chi connectivity index (χ3n) is 7.77. The Morgan fingerprint density at radius 2 is 1.65 bits per heavy atom. The van der Waals surface area contributed by atoms with Crippen molar-refractivity contribution in [1.29, 1.82) is 0 Å². The van der Waals surface area contributed by atoms with E-state index in [0.717, 1.165) is 33.0 Å². The van der Waals surface area contributed by atoms with Gasteiger partial charge in [-0.15, -0.1) is 0 Å². The number of imide groups is 1. The molecule has 11 heteroatoms. The maximum absolute atomic E-state index is 14.0. The molecule has 0 N–H and O–H groups in total. The average molecular weight is 579 g/mol. The highest BCUT2D eigenvalue weighted by molar-refractivity contribution is 8.00. The number of ether oxygens (including phenoxy) is 1. The molecule has 0 spiro atoms. The lowest BCUT2D eigenvalue weighted by Crippen LogP contribution is -2.43. The summed E-state index contributed by atoms with van der Waals surface area (Å²) in [6.07, 6.45) is 0. The van der Waals surface area contributed by atoms with Crippen molar-refractivity contribution >= 4 is 52.2 Å². The molecule has 0 aliphatic carbocycles. The van der Waals surface area contributed by atoms with Gasteiger partial charge in [-0.1, -0.05) is 52.9 Å². The second-order valence-corrected chi connectivity index (χ2v) is 12.6. The zero-order chi connectivity index (χ0) is 28.1. The molecule has 1 aromatic heterocycles. The molecule has 2 aromatic carbocycles. The van der Waals surface area contributed by atoms with Crippen LogP contribution < -0.4 is 14.7 Å². The minimum absolute atomic E-state index is 0.106. The molecule has 2 saturated heterocycles. The van der Waals surface area contributed by atoms with E-state index in [1.165, 1.54) is 21.2 Å². The van der Waals surface area contributed by atoms with Gasteiger partial charge in [-0.25, -0.2) is 4.90 Å². The van der Waals surface area contributed by atoms with Crippen molar-refractivity contribution in [3.63, 3.8) is 0 Å². The first-order valence-corrected chi connectivity index (χ1v) is 14.9. The highest BCUT2D eigenvalue weighted by Crippen LogP contribution is 2.54. The second-order valence-electron chi connectivity index (χ2n) is 10.5. The predicted octanol–water partition coefficient (Wildman–Crippen LogP) is 2.94. The number of hydrogen-bond donors (Lipinski definition) is 0. The van der Waals surface area contributed by atoms with Crippen molar-refractivity contribution in [3.05, 3.63) is 74.2 Å². The third-order valence-corrected chi connectivity index (χ3v) is 10.4. The van der Waals surface area contributed by atoms with Crippen molar-refractivity contribution in [2.75, 3.05) is 50.2 Å². The largest absolute Gasteiger partial charge is 0.378 e. The van der Waals surface area contributed by atoms with Crippen LogP contribution in [0.3, 0.4) is 0 Å². The van der Waals surface area contributed by atoms with Crippen molar-refractivity contribution in [2.24, 2.45) is 5.92 Å². The lowest BCUT2D eigenvalue weighted by molar-refractivity contribution is -0.136. The average Bonchev–Trinajstić information content (AvgIpc) is 3.40. The normalized spacial score (nSPS) is 22.3. The topological polar surface area (TPSA) is 92.2 Å². The van der Waals surface area contributed by atoms with Crippen molar-refractivity contribution in [3.8, 4) is 0 Å². The zero-order valence-corrected chi connectivity index (χ0v) is 24.2. The second kappa shape index (κ2) is 10.5. The number of morpholine rings is 1. The smallest absolute Gasteiger partial charge is 0.308 e. The van der Waals surface area contributed by atoms with Gasteiger partial charge in [0.15, 0.2) is 0 Å². The fraction of sp³-hybridized carbons (Fsp3) is 0.379. The highest BCUT2D eigenvalue weighted by Gasteiger charge is 2.56. The molecule has 0 bridgehead atoms. The summed E-state index contributed by atoms with van der Waals surface area (Å²) in [5.41, 5.74) is 3.44. The van der Waals surface area contributed by atoms with E-state index in [4.69, 9.17) is 4.74 Å². The van der Waals surface area contributed by atoms with Gasteiger partial charge in [0, 0.05) is 43.7 Å². The van der Waals surface area contributed by atoms with E-state index in [1.54, 1.807) is 17.0 Å². The van der Waals surface area contributed by atoms with Crippen LogP contribution in [0.25, 0.3) is 0 Å². The molecule has 9 nitrogen and oxygen atoms in total. The van der Waals surface area contributed by atoms with Gasteiger partial charge >= 0.3 is 4.87 Å². The van der Waals surface area contributed by atoms with E-state index < -0.39 is 17.1 Å². The number of fused-ring (bicyclic) bond motifs is 2. The van der Waals surface area contributed by atoms with Crippen LogP contribution in [0.4, 0.5) is 11.4 Å². The molecule has 3 atom stereocenters. The number of nitrogens with zero attached hydrogens (tertiary/aromatic N) is 4. The molecular formula is C29H30N4O5S2. The number of thiazole rings is 1. The highest BCUT2D eigenvalue weighted by atomic mass is 32.2. The van der Waals surface area contributed by atoms with Gasteiger partial charge in [-0.05, 0) is 36.8 Å². The molecule has 6 rings (SSSR count). The van der Waals surface area contributed by atoms with Gasteiger partial charge in [0.05, 0.1) is 29.8 Å². The van der Waals surface area contributed by atoms with Crippen molar-refractivity contribution in [2.45, 2.75) is 29.7 Å². The van der Waals surface area contributed by atoms with Crippen LogP contribution in [0.15, 0.2) is 58.4 Å². The number of anilines is 2. The van der Waals surface area contributed by atoms with Crippen LogP contribution >= 0.6 is 23.1 Å². The number of carbonyl (C=O) groups excluding carboxylic acids is 3. The number of aromatic nitrogens is 1. The first-order valence-electron chi connectivity index (χ1n) is 13.2. The molecule has 2 fully saturated rings. The van der Waals surface area contributed by atoms with E-state index in [-0.39, 0.29) is 29.1 Å². The lowest BCUT2D eigenvalue weighted by atomic mass is 9.83. The van der Waals surface area contributed by atoms with Gasteiger partial charge in [0.1, 0.15) is 11.8 Å². The van der Waals surface area contributed by atoms with Crippen LogP contribution in [-0.2, 0) is 25.7 Å². The minimum Gasteiger partial charge on any atom is -0.378 e. The Bertz CT molecular complexity index is 1520. The number of aryl methyl sites for hydroxylation is 1. The number of benzene rings is 2. The maximum Gasteiger partial charge on any atom is 0.308 e. The Hall–Kier alpha value is -3.41. The SMILES string of the molecule is Cc1ccc(N2C(=O)[C@H]3[C@H](c4ccc(N(C)C)cc4)c4sc(=O)n(CC(=O)N5CCOCC5)c4S[C@H]3C2=O)cc1. The molecule has 0 saturated carbocycles. The van der Waals surface area contributed by atoms with Gasteiger partial charge in [0.25, 0.3) is 0 Å². The summed E-state index contributed by atoms with van der Waals surface area (Å²) >= 11 is 2.31. The number of carbonyl (C=O) groups is 3. The predicted molar refractivity (Wildman–Crippen MR) is 155 cm³/mol. The molecule has 40 heavy (non-hydrogen) atoms. The molecule has 3 aliphatic rings. The molecule has 3 amide bonds. The van der Waals surface area contributed by atoms with Crippen molar-refractivity contribution in [1.82, 2.24) is 9.47 Å². The monoisotopic (exact) mass is 578 g/mol. The fourth-order valence-electron chi connectivity index (χ4n) is 5.59. The van der Waals surface area contributed by atoms with E-state index in [2.05, 4.69) is 0 Å². The summed E-state index contributed by atoms with van der Waals surface area (Å²) in [5, 5.41) is -0.106. The maximum atomic E-state index is 14.0. The fourth-order valence-corrected chi connectivity index (χ4v) is 8.36. The van der Waals surface area contributed by atoms with Gasteiger partial charge in [0.2, 0.25) is 17.7 Å². The van der Waals surface area contributed by atoms with Crippen LogP contribution in [-0.4, -0.2) is 72.8 Å². The number of rotatable bonds is 5. The molecule has 3 aromatic rings. The quantitative estimate of drug-likeness (QED) is 0.430. The summed E-state index contributed by atoms with van der Waals surface area (Å²) < 4.78 is 6.86. The molecule has 0 radical (unpaired) electrons. The van der Waals surface area contributed by atoms with E-state index >= 15 is 0 Å². The summed E-state index contributed by atoms with van der Waals surface area (Å²) in [5.74, 6) is -1.87. The Balaban J connectivity index is 1.43. The Morgan fingerprint density at radius 1 is 0.975 bits per heavy atom.